The van der Waals surface area contributed by atoms with Crippen LogP contribution in [0.1, 0.15) is 15.9 Å². The van der Waals surface area contributed by atoms with Gasteiger partial charge in [-0.3, -0.25) is 4.79 Å². The Labute approximate surface area is 109 Å². The lowest BCUT2D eigenvalue weighted by Gasteiger charge is -2.05. The van der Waals surface area contributed by atoms with Gasteiger partial charge >= 0.3 is 0 Å². The number of nitrogens with zero attached hydrogens (tertiary/aromatic N) is 1. The average Bonchev–Trinajstić information content (AvgIpc) is 2.32. The van der Waals surface area contributed by atoms with E-state index in [4.69, 9.17) is 11.6 Å². The summed E-state index contributed by atoms with van der Waals surface area (Å²) in [7, 11) is 0. The molecule has 0 fully saturated rings. The van der Waals surface area contributed by atoms with Gasteiger partial charge in [-0.05, 0) is 36.8 Å². The van der Waals surface area contributed by atoms with Crippen molar-refractivity contribution in [2.24, 2.45) is 0 Å². The molecule has 0 bridgehead atoms. The fourth-order valence-electron chi connectivity index (χ4n) is 1.44. The molecule has 18 heavy (non-hydrogen) atoms. The molecule has 1 aromatic heterocycles. The Balaban J connectivity index is 2.19. The van der Waals surface area contributed by atoms with Gasteiger partial charge in [-0.15, -0.1) is 0 Å². The number of anilines is 1. The van der Waals surface area contributed by atoms with E-state index < -0.39 is 11.7 Å². The van der Waals surface area contributed by atoms with Gasteiger partial charge in [0.05, 0.1) is 10.6 Å². The molecule has 0 atom stereocenters. The summed E-state index contributed by atoms with van der Waals surface area (Å²) in [6, 6.07) is 7.56. The fourth-order valence-corrected chi connectivity index (χ4v) is 1.55. The quantitative estimate of drug-likeness (QED) is 0.903. The van der Waals surface area contributed by atoms with Gasteiger partial charge in [-0.1, -0.05) is 17.7 Å². The molecule has 1 N–H and O–H groups in total. The van der Waals surface area contributed by atoms with Crippen LogP contribution in [0.15, 0.2) is 36.5 Å². The predicted octanol–water partition coefficient (Wildman–Crippen LogP) is 3.43. The summed E-state index contributed by atoms with van der Waals surface area (Å²) in [5.74, 6) is -0.770. The third-order valence-corrected chi connectivity index (χ3v) is 2.56. The normalized spacial score (nSPS) is 10.2. The number of carbonyl (C=O) groups excluding carboxylic acids is 1. The zero-order valence-electron chi connectivity index (χ0n) is 9.58. The van der Waals surface area contributed by atoms with Crippen LogP contribution in [0.2, 0.25) is 5.02 Å². The van der Waals surface area contributed by atoms with Gasteiger partial charge < -0.3 is 5.32 Å². The summed E-state index contributed by atoms with van der Waals surface area (Å²) in [4.78, 5) is 15.7. The van der Waals surface area contributed by atoms with E-state index in [0.29, 0.717) is 10.8 Å². The zero-order chi connectivity index (χ0) is 13.1. The summed E-state index contributed by atoms with van der Waals surface area (Å²) in [6.45, 7) is 1.76. The van der Waals surface area contributed by atoms with Gasteiger partial charge in [0, 0.05) is 6.20 Å². The largest absolute Gasteiger partial charge is 0.306 e. The van der Waals surface area contributed by atoms with E-state index in [-0.39, 0.29) is 5.56 Å². The van der Waals surface area contributed by atoms with E-state index in [9.17, 15) is 9.18 Å². The highest BCUT2D eigenvalue weighted by Crippen LogP contribution is 2.13. The SMILES string of the molecule is Cc1ccc(C(=O)Nc2ccc(Cl)cn2)c(F)c1. The number of aryl methyl sites for hydroxylation is 1. The monoisotopic (exact) mass is 264 g/mol. The smallest absolute Gasteiger partial charge is 0.259 e. The van der Waals surface area contributed by atoms with Crippen molar-refractivity contribution in [2.45, 2.75) is 6.92 Å². The third-order valence-electron chi connectivity index (χ3n) is 2.34. The first-order valence-electron chi connectivity index (χ1n) is 5.25. The number of hydrogen-bond acceptors (Lipinski definition) is 2. The molecule has 1 aromatic carbocycles. The summed E-state index contributed by atoms with van der Waals surface area (Å²) in [6.07, 6.45) is 1.41. The first kappa shape index (κ1) is 12.5. The molecule has 1 heterocycles. The topological polar surface area (TPSA) is 42.0 Å². The predicted molar refractivity (Wildman–Crippen MR) is 68.3 cm³/mol. The number of hydrogen-bond donors (Lipinski definition) is 1. The zero-order valence-corrected chi connectivity index (χ0v) is 10.3. The minimum Gasteiger partial charge on any atom is -0.306 e. The van der Waals surface area contributed by atoms with Crippen molar-refractivity contribution in [2.75, 3.05) is 5.32 Å². The van der Waals surface area contributed by atoms with Crippen molar-refractivity contribution in [3.05, 3.63) is 58.5 Å². The minimum absolute atomic E-state index is 0.0163. The number of halogens is 2. The van der Waals surface area contributed by atoms with Crippen LogP contribution in [0.3, 0.4) is 0 Å². The van der Waals surface area contributed by atoms with Crippen molar-refractivity contribution in [1.29, 1.82) is 0 Å². The number of carbonyl (C=O) groups is 1. The number of pyridine rings is 1. The third kappa shape index (κ3) is 2.84. The number of nitrogens with one attached hydrogen (secondary N) is 1. The molecule has 5 heteroatoms. The summed E-state index contributed by atoms with van der Waals surface area (Å²) >= 11 is 5.67. The summed E-state index contributed by atoms with van der Waals surface area (Å²) in [5, 5.41) is 2.96. The van der Waals surface area contributed by atoms with Crippen LogP contribution in [0, 0.1) is 12.7 Å². The van der Waals surface area contributed by atoms with Crippen molar-refractivity contribution in [1.82, 2.24) is 4.98 Å². The molecule has 1 amide bonds. The lowest BCUT2D eigenvalue weighted by Crippen LogP contribution is -2.14. The number of benzene rings is 1. The first-order valence-corrected chi connectivity index (χ1v) is 5.63. The molecule has 0 saturated heterocycles. The highest BCUT2D eigenvalue weighted by molar-refractivity contribution is 6.30. The van der Waals surface area contributed by atoms with Gasteiger partial charge in [0.15, 0.2) is 0 Å². The van der Waals surface area contributed by atoms with E-state index >= 15 is 0 Å². The van der Waals surface area contributed by atoms with E-state index in [1.165, 1.54) is 18.3 Å². The van der Waals surface area contributed by atoms with Gasteiger partial charge in [0.1, 0.15) is 11.6 Å². The van der Waals surface area contributed by atoms with Crippen LogP contribution in [0.25, 0.3) is 0 Å². The molecule has 0 radical (unpaired) electrons. The lowest BCUT2D eigenvalue weighted by atomic mass is 10.1. The van der Waals surface area contributed by atoms with E-state index in [1.54, 1.807) is 25.1 Å². The molecule has 0 spiro atoms. The maximum Gasteiger partial charge on any atom is 0.259 e. The van der Waals surface area contributed by atoms with E-state index in [0.717, 1.165) is 5.56 Å². The van der Waals surface area contributed by atoms with Crippen LogP contribution >= 0.6 is 11.6 Å². The Kier molecular flexibility index (Phi) is 3.58. The second kappa shape index (κ2) is 5.14. The summed E-state index contributed by atoms with van der Waals surface area (Å²) in [5.41, 5.74) is 0.742. The highest BCUT2D eigenvalue weighted by atomic mass is 35.5. The molecular weight excluding hydrogens is 255 g/mol. The first-order chi connectivity index (χ1) is 8.56. The Bertz CT molecular complexity index is 584. The standard InChI is InChI=1S/C13H10ClFN2O/c1-8-2-4-10(11(15)6-8)13(18)17-12-5-3-9(14)7-16-12/h2-7H,1H3,(H,16,17,18). The van der Waals surface area contributed by atoms with E-state index in [1.807, 2.05) is 0 Å². The summed E-state index contributed by atoms with van der Waals surface area (Å²) < 4.78 is 13.6. The van der Waals surface area contributed by atoms with Crippen LogP contribution in [-0.2, 0) is 0 Å². The van der Waals surface area contributed by atoms with Gasteiger partial charge in [-0.2, -0.15) is 0 Å². The second-order valence-electron chi connectivity index (χ2n) is 3.80. The Morgan fingerprint density at radius 1 is 1.33 bits per heavy atom. The number of aromatic nitrogens is 1. The van der Waals surface area contributed by atoms with Crippen molar-refractivity contribution in [3.63, 3.8) is 0 Å². The molecule has 2 aromatic rings. The number of amides is 1. The maximum atomic E-state index is 13.6. The van der Waals surface area contributed by atoms with Crippen molar-refractivity contribution >= 4 is 23.3 Å². The van der Waals surface area contributed by atoms with E-state index in [2.05, 4.69) is 10.3 Å². The van der Waals surface area contributed by atoms with Gasteiger partial charge in [-0.25, -0.2) is 9.37 Å². The Morgan fingerprint density at radius 2 is 2.11 bits per heavy atom. The average molecular weight is 265 g/mol. The molecular formula is C13H10ClFN2O. The Hall–Kier alpha value is -1.94. The molecule has 92 valence electrons. The number of rotatable bonds is 2. The molecule has 0 aliphatic rings. The van der Waals surface area contributed by atoms with Crippen LogP contribution in [0.5, 0.6) is 0 Å². The second-order valence-corrected chi connectivity index (χ2v) is 4.24. The minimum atomic E-state index is -0.554. The molecule has 0 unspecified atom stereocenters. The molecule has 2 rings (SSSR count). The molecule has 0 aliphatic heterocycles. The van der Waals surface area contributed by atoms with Crippen molar-refractivity contribution in [3.8, 4) is 0 Å². The van der Waals surface area contributed by atoms with Gasteiger partial charge in [0.25, 0.3) is 5.91 Å². The molecule has 0 aliphatic carbocycles. The van der Waals surface area contributed by atoms with Crippen LogP contribution in [0.4, 0.5) is 10.2 Å². The van der Waals surface area contributed by atoms with Crippen molar-refractivity contribution < 1.29 is 9.18 Å². The Morgan fingerprint density at radius 3 is 2.72 bits per heavy atom. The lowest BCUT2D eigenvalue weighted by molar-refractivity contribution is 0.102. The maximum absolute atomic E-state index is 13.6. The molecule has 3 nitrogen and oxygen atoms in total. The molecule has 0 saturated carbocycles. The van der Waals surface area contributed by atoms with Crippen LogP contribution < -0.4 is 5.32 Å². The fraction of sp³-hybridized carbons (Fsp3) is 0.0769. The van der Waals surface area contributed by atoms with Crippen LogP contribution in [-0.4, -0.2) is 10.9 Å². The van der Waals surface area contributed by atoms with Gasteiger partial charge in [0.2, 0.25) is 0 Å². The highest BCUT2D eigenvalue weighted by Gasteiger charge is 2.12.